The third kappa shape index (κ3) is 4.01. The van der Waals surface area contributed by atoms with E-state index in [0.717, 1.165) is 38.2 Å². The highest BCUT2D eigenvalue weighted by atomic mass is 32.1. The molecular weight excluding hydrogens is 276 g/mol. The predicted molar refractivity (Wildman–Crippen MR) is 78.5 cm³/mol. The van der Waals surface area contributed by atoms with Gasteiger partial charge in [-0.25, -0.2) is 4.98 Å². The van der Waals surface area contributed by atoms with Crippen LogP contribution in [0.2, 0.25) is 0 Å². The third-order valence-corrected chi connectivity index (χ3v) is 4.23. The van der Waals surface area contributed by atoms with Crippen molar-refractivity contribution in [2.45, 2.75) is 26.3 Å². The molecular formula is C13H20N4O2S. The zero-order valence-corrected chi connectivity index (χ0v) is 12.6. The lowest BCUT2D eigenvalue weighted by Gasteiger charge is -2.30. The Hall–Kier alpha value is -1.47. The second-order valence-corrected chi connectivity index (χ2v) is 5.85. The standard InChI is InChI=1S/C13H20N4O2S/c1-9(18)15-13-16-11(8-20-13)7-17-5-3-10(4-6-17)12(19)14-2/h8,10H,3-7H2,1-2H3,(H,14,19)(H,15,16,18). The molecule has 0 bridgehead atoms. The molecule has 2 heterocycles. The van der Waals surface area contributed by atoms with E-state index in [2.05, 4.69) is 20.5 Å². The fourth-order valence-electron chi connectivity index (χ4n) is 2.37. The summed E-state index contributed by atoms with van der Waals surface area (Å²) in [7, 11) is 1.69. The van der Waals surface area contributed by atoms with Crippen LogP contribution in [0.4, 0.5) is 5.13 Å². The van der Waals surface area contributed by atoms with Crippen molar-refractivity contribution in [3.05, 3.63) is 11.1 Å². The van der Waals surface area contributed by atoms with Crippen LogP contribution in [0.5, 0.6) is 0 Å². The molecule has 1 aliphatic heterocycles. The SMILES string of the molecule is CNC(=O)C1CCN(Cc2csc(NC(C)=O)n2)CC1. The number of hydrogen-bond acceptors (Lipinski definition) is 5. The fourth-order valence-corrected chi connectivity index (χ4v) is 3.12. The lowest BCUT2D eigenvalue weighted by Crippen LogP contribution is -2.39. The van der Waals surface area contributed by atoms with E-state index in [9.17, 15) is 9.59 Å². The van der Waals surface area contributed by atoms with E-state index in [0.29, 0.717) is 5.13 Å². The normalized spacial score (nSPS) is 16.9. The van der Waals surface area contributed by atoms with Gasteiger partial charge in [-0.05, 0) is 25.9 Å². The van der Waals surface area contributed by atoms with E-state index in [1.165, 1.54) is 18.3 Å². The van der Waals surface area contributed by atoms with Crippen LogP contribution >= 0.6 is 11.3 Å². The molecule has 0 unspecified atom stereocenters. The molecule has 1 fully saturated rings. The number of amides is 2. The van der Waals surface area contributed by atoms with E-state index in [-0.39, 0.29) is 17.7 Å². The summed E-state index contributed by atoms with van der Waals surface area (Å²) in [5.41, 5.74) is 0.970. The number of anilines is 1. The lowest BCUT2D eigenvalue weighted by atomic mass is 9.96. The molecule has 2 N–H and O–H groups in total. The smallest absolute Gasteiger partial charge is 0.223 e. The zero-order valence-electron chi connectivity index (χ0n) is 11.8. The van der Waals surface area contributed by atoms with Crippen LogP contribution in [-0.4, -0.2) is 41.8 Å². The van der Waals surface area contributed by atoms with Crippen molar-refractivity contribution in [1.29, 1.82) is 0 Å². The quantitative estimate of drug-likeness (QED) is 0.871. The topological polar surface area (TPSA) is 74.3 Å². The molecule has 1 aromatic rings. The van der Waals surface area contributed by atoms with Gasteiger partial charge in [0.1, 0.15) is 0 Å². The van der Waals surface area contributed by atoms with Gasteiger partial charge in [0.05, 0.1) is 5.69 Å². The predicted octanol–water partition coefficient (Wildman–Crippen LogP) is 1.06. The van der Waals surface area contributed by atoms with Crippen LogP contribution < -0.4 is 10.6 Å². The van der Waals surface area contributed by atoms with Gasteiger partial charge >= 0.3 is 0 Å². The summed E-state index contributed by atoms with van der Waals surface area (Å²) in [5.74, 6) is 0.185. The summed E-state index contributed by atoms with van der Waals surface area (Å²) >= 11 is 1.44. The molecule has 0 spiro atoms. The first-order valence-electron chi connectivity index (χ1n) is 6.74. The van der Waals surface area contributed by atoms with E-state index in [1.54, 1.807) is 7.05 Å². The van der Waals surface area contributed by atoms with Crippen molar-refractivity contribution in [1.82, 2.24) is 15.2 Å². The Morgan fingerprint density at radius 1 is 1.45 bits per heavy atom. The summed E-state index contributed by atoms with van der Waals surface area (Å²) in [6.45, 7) is 4.07. The summed E-state index contributed by atoms with van der Waals surface area (Å²) in [6, 6.07) is 0. The molecule has 1 aromatic heterocycles. The van der Waals surface area contributed by atoms with Crippen molar-refractivity contribution >= 4 is 28.3 Å². The van der Waals surface area contributed by atoms with Gasteiger partial charge in [0, 0.05) is 31.8 Å². The fraction of sp³-hybridized carbons (Fsp3) is 0.615. The van der Waals surface area contributed by atoms with Crippen LogP contribution in [0.3, 0.4) is 0 Å². The maximum absolute atomic E-state index is 11.6. The number of piperidine rings is 1. The second-order valence-electron chi connectivity index (χ2n) is 4.99. The lowest BCUT2D eigenvalue weighted by molar-refractivity contribution is -0.126. The van der Waals surface area contributed by atoms with Crippen LogP contribution in [0.1, 0.15) is 25.5 Å². The molecule has 110 valence electrons. The van der Waals surface area contributed by atoms with Gasteiger partial charge in [-0.15, -0.1) is 11.3 Å². The van der Waals surface area contributed by atoms with E-state index < -0.39 is 0 Å². The van der Waals surface area contributed by atoms with E-state index >= 15 is 0 Å². The molecule has 0 radical (unpaired) electrons. The Bertz CT molecular complexity index is 480. The van der Waals surface area contributed by atoms with Crippen molar-refractivity contribution < 1.29 is 9.59 Å². The van der Waals surface area contributed by atoms with Crippen LogP contribution in [0.15, 0.2) is 5.38 Å². The number of nitrogens with zero attached hydrogens (tertiary/aromatic N) is 2. The molecule has 6 nitrogen and oxygen atoms in total. The Labute approximate surface area is 122 Å². The average molecular weight is 296 g/mol. The molecule has 7 heteroatoms. The molecule has 2 amide bonds. The largest absolute Gasteiger partial charge is 0.359 e. The van der Waals surface area contributed by atoms with Gasteiger partial charge in [-0.1, -0.05) is 0 Å². The molecule has 0 aliphatic carbocycles. The first-order chi connectivity index (χ1) is 9.58. The third-order valence-electron chi connectivity index (χ3n) is 3.43. The van der Waals surface area contributed by atoms with Crippen molar-refractivity contribution in [2.75, 3.05) is 25.5 Å². The highest BCUT2D eigenvalue weighted by molar-refractivity contribution is 7.13. The molecule has 2 rings (SSSR count). The van der Waals surface area contributed by atoms with Gasteiger partial charge in [0.15, 0.2) is 5.13 Å². The van der Waals surface area contributed by atoms with Gasteiger partial charge in [0.25, 0.3) is 0 Å². The molecule has 1 aliphatic rings. The first-order valence-corrected chi connectivity index (χ1v) is 7.62. The Kier molecular flexibility index (Phi) is 5.08. The van der Waals surface area contributed by atoms with Crippen LogP contribution in [-0.2, 0) is 16.1 Å². The molecule has 0 aromatic carbocycles. The van der Waals surface area contributed by atoms with Crippen molar-refractivity contribution in [3.63, 3.8) is 0 Å². The molecule has 0 saturated carbocycles. The Morgan fingerprint density at radius 2 is 2.15 bits per heavy atom. The van der Waals surface area contributed by atoms with E-state index in [4.69, 9.17) is 0 Å². The number of hydrogen-bond donors (Lipinski definition) is 2. The number of rotatable bonds is 4. The first kappa shape index (κ1) is 14.9. The number of likely N-dealkylation sites (tertiary alicyclic amines) is 1. The second kappa shape index (κ2) is 6.81. The molecule has 20 heavy (non-hydrogen) atoms. The van der Waals surface area contributed by atoms with Crippen molar-refractivity contribution in [2.24, 2.45) is 5.92 Å². The summed E-state index contributed by atoms with van der Waals surface area (Å²) in [6.07, 6.45) is 1.78. The summed E-state index contributed by atoms with van der Waals surface area (Å²) in [5, 5.41) is 8.02. The highest BCUT2D eigenvalue weighted by Crippen LogP contribution is 2.21. The minimum Gasteiger partial charge on any atom is -0.359 e. The highest BCUT2D eigenvalue weighted by Gasteiger charge is 2.24. The van der Waals surface area contributed by atoms with Gasteiger partial charge < -0.3 is 10.6 Å². The minimum absolute atomic E-state index is 0.0997. The van der Waals surface area contributed by atoms with Gasteiger partial charge in [-0.3, -0.25) is 14.5 Å². The van der Waals surface area contributed by atoms with Gasteiger partial charge in [0.2, 0.25) is 11.8 Å². The number of thiazole rings is 1. The number of nitrogens with one attached hydrogen (secondary N) is 2. The monoisotopic (exact) mass is 296 g/mol. The zero-order chi connectivity index (χ0) is 14.5. The Balaban J connectivity index is 1.82. The number of carbonyl (C=O) groups excluding carboxylic acids is 2. The molecule has 1 saturated heterocycles. The van der Waals surface area contributed by atoms with E-state index in [1.807, 2.05) is 5.38 Å². The number of carbonyl (C=O) groups is 2. The Morgan fingerprint density at radius 3 is 2.75 bits per heavy atom. The van der Waals surface area contributed by atoms with Gasteiger partial charge in [-0.2, -0.15) is 0 Å². The average Bonchev–Trinajstić information content (AvgIpc) is 2.85. The summed E-state index contributed by atoms with van der Waals surface area (Å²) < 4.78 is 0. The summed E-state index contributed by atoms with van der Waals surface area (Å²) in [4.78, 5) is 29.2. The van der Waals surface area contributed by atoms with Crippen molar-refractivity contribution in [3.8, 4) is 0 Å². The molecule has 0 atom stereocenters. The van der Waals surface area contributed by atoms with Crippen LogP contribution in [0, 0.1) is 5.92 Å². The number of aromatic nitrogens is 1. The maximum atomic E-state index is 11.6. The minimum atomic E-state index is -0.0997. The maximum Gasteiger partial charge on any atom is 0.223 e. The van der Waals surface area contributed by atoms with Crippen LogP contribution in [0.25, 0.3) is 0 Å².